The Bertz CT molecular complexity index is 316. The summed E-state index contributed by atoms with van der Waals surface area (Å²) in [6.45, 7) is 2.11. The molecule has 0 amide bonds. The van der Waals surface area contributed by atoms with Gasteiger partial charge in [0.05, 0.1) is 21.9 Å². The van der Waals surface area contributed by atoms with E-state index in [1.54, 1.807) is 0 Å². The number of aliphatic hydroxyl groups is 1. The molecule has 0 spiro atoms. The first kappa shape index (κ1) is 10.4. The number of nitrogens with zero attached hydrogens (tertiary/aromatic N) is 2. The van der Waals surface area contributed by atoms with Gasteiger partial charge in [0.1, 0.15) is 0 Å². The lowest BCUT2D eigenvalue weighted by Crippen LogP contribution is -2.22. The van der Waals surface area contributed by atoms with E-state index < -0.39 is 0 Å². The fraction of sp³-hybridized carbons (Fsp3) is 0.700. The van der Waals surface area contributed by atoms with Crippen molar-refractivity contribution in [3.63, 3.8) is 0 Å². The van der Waals surface area contributed by atoms with E-state index in [1.165, 1.54) is 9.26 Å². The summed E-state index contributed by atoms with van der Waals surface area (Å²) in [5.41, 5.74) is 1.26. The van der Waals surface area contributed by atoms with Crippen LogP contribution in [0, 0.1) is 10.5 Å². The van der Waals surface area contributed by atoms with Crippen LogP contribution in [0.1, 0.15) is 37.4 Å². The fourth-order valence-electron chi connectivity index (χ4n) is 2.07. The molecule has 0 saturated heterocycles. The highest BCUT2D eigenvalue weighted by molar-refractivity contribution is 14.1. The number of halogens is 1. The number of aliphatic hydroxyl groups excluding tert-OH is 1. The topological polar surface area (TPSA) is 38.0 Å². The van der Waals surface area contributed by atoms with Crippen LogP contribution in [0.3, 0.4) is 0 Å². The first-order valence-electron chi connectivity index (χ1n) is 5.06. The highest BCUT2D eigenvalue weighted by Crippen LogP contribution is 2.29. The maximum Gasteiger partial charge on any atom is 0.0626 e. The van der Waals surface area contributed by atoms with Gasteiger partial charge in [-0.25, -0.2) is 0 Å². The van der Waals surface area contributed by atoms with E-state index in [-0.39, 0.29) is 6.10 Å². The van der Waals surface area contributed by atoms with E-state index in [0.717, 1.165) is 25.7 Å². The molecule has 1 heterocycles. The molecule has 1 saturated carbocycles. The van der Waals surface area contributed by atoms with Crippen molar-refractivity contribution in [1.29, 1.82) is 0 Å². The molecule has 0 bridgehead atoms. The molecule has 4 heteroatoms. The summed E-state index contributed by atoms with van der Waals surface area (Å²) in [7, 11) is 0. The van der Waals surface area contributed by atoms with Crippen LogP contribution in [0.15, 0.2) is 6.20 Å². The Labute approximate surface area is 97.6 Å². The first-order valence-corrected chi connectivity index (χ1v) is 6.14. The molecule has 0 unspecified atom stereocenters. The van der Waals surface area contributed by atoms with Crippen molar-refractivity contribution in [2.24, 2.45) is 0 Å². The minimum absolute atomic E-state index is 0.0822. The molecule has 1 aromatic rings. The molecule has 0 atom stereocenters. The van der Waals surface area contributed by atoms with E-state index >= 15 is 0 Å². The second kappa shape index (κ2) is 4.18. The monoisotopic (exact) mass is 306 g/mol. The van der Waals surface area contributed by atoms with Gasteiger partial charge in [-0.3, -0.25) is 4.68 Å². The predicted octanol–water partition coefficient (Wildman–Crippen LogP) is 2.27. The third kappa shape index (κ3) is 1.95. The van der Waals surface area contributed by atoms with Crippen LogP contribution in [0.25, 0.3) is 0 Å². The Hall–Kier alpha value is -0.100. The Balaban J connectivity index is 2.12. The lowest BCUT2D eigenvalue weighted by Gasteiger charge is -2.26. The fourth-order valence-corrected chi connectivity index (χ4v) is 2.44. The van der Waals surface area contributed by atoms with Crippen molar-refractivity contribution in [1.82, 2.24) is 9.78 Å². The maximum absolute atomic E-state index is 9.42. The standard InChI is InChI=1S/C10H15IN2O/c1-7-10(11)6-12-13(7)8-2-4-9(14)5-3-8/h6,8-9,14H,2-5H2,1H3/t8-,9-. The molecule has 0 aliphatic heterocycles. The van der Waals surface area contributed by atoms with Crippen LogP contribution < -0.4 is 0 Å². The zero-order chi connectivity index (χ0) is 10.1. The average Bonchev–Trinajstić information content (AvgIpc) is 2.50. The van der Waals surface area contributed by atoms with E-state index in [2.05, 4.69) is 39.3 Å². The van der Waals surface area contributed by atoms with Crippen LogP contribution in [0.2, 0.25) is 0 Å². The maximum atomic E-state index is 9.42. The number of rotatable bonds is 1. The molecule has 1 aliphatic carbocycles. The minimum atomic E-state index is -0.0822. The molecular weight excluding hydrogens is 291 g/mol. The molecule has 3 nitrogen and oxygen atoms in total. The highest BCUT2D eigenvalue weighted by atomic mass is 127. The van der Waals surface area contributed by atoms with Crippen molar-refractivity contribution in [2.75, 3.05) is 0 Å². The summed E-state index contributed by atoms with van der Waals surface area (Å²) < 4.78 is 3.35. The Morgan fingerprint density at radius 1 is 1.43 bits per heavy atom. The van der Waals surface area contributed by atoms with Crippen LogP contribution in [-0.2, 0) is 0 Å². The lowest BCUT2D eigenvalue weighted by atomic mass is 9.93. The van der Waals surface area contributed by atoms with E-state index in [1.807, 2.05) is 6.20 Å². The zero-order valence-corrected chi connectivity index (χ0v) is 10.4. The van der Waals surface area contributed by atoms with Crippen LogP contribution in [0.4, 0.5) is 0 Å². The second-order valence-corrected chi connectivity index (χ2v) is 5.15. The molecule has 0 radical (unpaired) electrons. The van der Waals surface area contributed by atoms with Gasteiger partial charge in [-0.1, -0.05) is 0 Å². The van der Waals surface area contributed by atoms with Gasteiger partial charge in [0.25, 0.3) is 0 Å². The molecule has 0 aromatic carbocycles. The van der Waals surface area contributed by atoms with Crippen molar-refractivity contribution in [3.05, 3.63) is 15.5 Å². The molecule has 1 fully saturated rings. The van der Waals surface area contributed by atoms with Gasteiger partial charge in [0.2, 0.25) is 0 Å². The average molecular weight is 306 g/mol. The number of hydrogen-bond acceptors (Lipinski definition) is 2. The Morgan fingerprint density at radius 3 is 2.57 bits per heavy atom. The normalized spacial score (nSPS) is 27.9. The zero-order valence-electron chi connectivity index (χ0n) is 8.28. The summed E-state index contributed by atoms with van der Waals surface area (Å²) in [5.74, 6) is 0. The van der Waals surface area contributed by atoms with Gasteiger partial charge >= 0.3 is 0 Å². The third-order valence-electron chi connectivity index (χ3n) is 3.00. The van der Waals surface area contributed by atoms with E-state index in [0.29, 0.717) is 6.04 Å². The van der Waals surface area contributed by atoms with Crippen LogP contribution in [-0.4, -0.2) is 21.0 Å². The van der Waals surface area contributed by atoms with Crippen molar-refractivity contribution in [2.45, 2.75) is 44.8 Å². The molecule has 78 valence electrons. The molecule has 2 rings (SSSR count). The quantitative estimate of drug-likeness (QED) is 0.808. The van der Waals surface area contributed by atoms with E-state index in [9.17, 15) is 5.11 Å². The van der Waals surface area contributed by atoms with Crippen LogP contribution >= 0.6 is 22.6 Å². The van der Waals surface area contributed by atoms with Gasteiger partial charge in [-0.05, 0) is 55.2 Å². The van der Waals surface area contributed by atoms with Crippen molar-refractivity contribution < 1.29 is 5.11 Å². The minimum Gasteiger partial charge on any atom is -0.393 e. The van der Waals surface area contributed by atoms with Gasteiger partial charge in [0.15, 0.2) is 0 Å². The largest absolute Gasteiger partial charge is 0.393 e. The third-order valence-corrected chi connectivity index (χ3v) is 4.06. The molecule has 1 aromatic heterocycles. The highest BCUT2D eigenvalue weighted by Gasteiger charge is 2.22. The van der Waals surface area contributed by atoms with Crippen molar-refractivity contribution >= 4 is 22.6 Å². The molecular formula is C10H15IN2O. The summed E-state index contributed by atoms with van der Waals surface area (Å²) in [5, 5.41) is 13.8. The SMILES string of the molecule is Cc1c(I)cnn1[C@H]1CC[C@H](O)CC1. The Kier molecular flexibility index (Phi) is 3.11. The smallest absolute Gasteiger partial charge is 0.0626 e. The summed E-state index contributed by atoms with van der Waals surface area (Å²) >= 11 is 2.31. The summed E-state index contributed by atoms with van der Waals surface area (Å²) in [4.78, 5) is 0. The van der Waals surface area contributed by atoms with E-state index in [4.69, 9.17) is 0 Å². The van der Waals surface area contributed by atoms with Crippen molar-refractivity contribution in [3.8, 4) is 0 Å². The van der Waals surface area contributed by atoms with Gasteiger partial charge in [0, 0.05) is 5.69 Å². The Morgan fingerprint density at radius 2 is 2.07 bits per heavy atom. The van der Waals surface area contributed by atoms with Gasteiger partial charge < -0.3 is 5.11 Å². The predicted molar refractivity (Wildman–Crippen MR) is 63.2 cm³/mol. The lowest BCUT2D eigenvalue weighted by molar-refractivity contribution is 0.107. The number of hydrogen-bond donors (Lipinski definition) is 1. The molecule has 1 aliphatic rings. The second-order valence-electron chi connectivity index (χ2n) is 3.98. The number of aromatic nitrogens is 2. The summed E-state index contributed by atoms with van der Waals surface area (Å²) in [6, 6.07) is 0.502. The molecule has 14 heavy (non-hydrogen) atoms. The molecule has 1 N–H and O–H groups in total. The van der Waals surface area contributed by atoms with Gasteiger partial charge in [-0.2, -0.15) is 5.10 Å². The van der Waals surface area contributed by atoms with Crippen LogP contribution in [0.5, 0.6) is 0 Å². The van der Waals surface area contributed by atoms with Gasteiger partial charge in [-0.15, -0.1) is 0 Å². The summed E-state index contributed by atoms with van der Waals surface area (Å²) in [6.07, 6.45) is 5.78. The first-order chi connectivity index (χ1) is 6.68.